The molecule has 0 bridgehead atoms. The van der Waals surface area contributed by atoms with E-state index in [4.69, 9.17) is 11.6 Å². The fraction of sp³-hybridized carbons (Fsp3) is 0.167. The highest BCUT2D eigenvalue weighted by Crippen LogP contribution is 2.23. The van der Waals surface area contributed by atoms with E-state index in [0.29, 0.717) is 16.3 Å². The van der Waals surface area contributed by atoms with Crippen LogP contribution < -0.4 is 5.32 Å². The summed E-state index contributed by atoms with van der Waals surface area (Å²) in [6, 6.07) is 12.2. The maximum atomic E-state index is 12.4. The van der Waals surface area contributed by atoms with Crippen molar-refractivity contribution >= 4 is 46.1 Å². The molecule has 25 heavy (non-hydrogen) atoms. The number of halogens is 1. The van der Waals surface area contributed by atoms with Crippen molar-refractivity contribution in [3.63, 3.8) is 0 Å². The van der Waals surface area contributed by atoms with Gasteiger partial charge in [-0.3, -0.25) is 19.3 Å². The molecule has 3 rings (SSSR count). The second-order valence-electron chi connectivity index (χ2n) is 5.65. The molecule has 1 aliphatic heterocycles. The largest absolute Gasteiger partial charge is 0.322 e. The molecule has 1 fully saturated rings. The summed E-state index contributed by atoms with van der Waals surface area (Å²) in [5, 5.41) is 3.11. The van der Waals surface area contributed by atoms with Crippen molar-refractivity contribution in [1.29, 1.82) is 0 Å². The zero-order chi connectivity index (χ0) is 18.0. The third kappa shape index (κ3) is 4.03. The van der Waals surface area contributed by atoms with Crippen molar-refractivity contribution in [2.45, 2.75) is 13.5 Å². The highest BCUT2D eigenvalue weighted by Gasteiger charge is 2.29. The van der Waals surface area contributed by atoms with E-state index >= 15 is 0 Å². The van der Waals surface area contributed by atoms with Crippen LogP contribution in [0.3, 0.4) is 0 Å². The lowest BCUT2D eigenvalue weighted by molar-refractivity contribution is -0.125. The van der Waals surface area contributed by atoms with Gasteiger partial charge in [0.15, 0.2) is 0 Å². The number of rotatable bonds is 4. The first-order valence-corrected chi connectivity index (χ1v) is 8.94. The quantitative estimate of drug-likeness (QED) is 0.875. The highest BCUT2D eigenvalue weighted by atomic mass is 35.5. The molecule has 0 atom stereocenters. The number of nitrogens with zero attached hydrogens (tertiary/aromatic N) is 1. The molecule has 0 unspecified atom stereocenters. The lowest BCUT2D eigenvalue weighted by Gasteiger charge is -2.13. The Hall–Kier alpha value is -2.31. The van der Waals surface area contributed by atoms with Gasteiger partial charge in [0.1, 0.15) is 0 Å². The van der Waals surface area contributed by atoms with E-state index in [1.54, 1.807) is 36.4 Å². The van der Waals surface area contributed by atoms with Crippen LogP contribution in [0, 0.1) is 6.92 Å². The first-order valence-electron chi connectivity index (χ1n) is 7.57. The summed E-state index contributed by atoms with van der Waals surface area (Å²) in [6.45, 7) is 2.05. The summed E-state index contributed by atoms with van der Waals surface area (Å²) < 4.78 is 0. The van der Waals surface area contributed by atoms with Crippen LogP contribution in [0.2, 0.25) is 5.02 Å². The molecule has 0 spiro atoms. The standard InChI is InChI=1S/C18H15ClN2O3S/c1-11-5-6-14(8-15(11)19)20-17(23)13-4-2-3-12(7-13)9-21-16(22)10-25-18(21)24/h2-8H,9-10H2,1H3,(H,20,23). The number of amides is 3. The van der Waals surface area contributed by atoms with Crippen LogP contribution in [0.25, 0.3) is 0 Å². The minimum Gasteiger partial charge on any atom is -0.322 e. The molecule has 1 N–H and O–H groups in total. The molecule has 2 aromatic carbocycles. The van der Waals surface area contributed by atoms with Crippen molar-refractivity contribution in [2.75, 3.05) is 11.1 Å². The highest BCUT2D eigenvalue weighted by molar-refractivity contribution is 8.14. The molecule has 0 saturated carbocycles. The van der Waals surface area contributed by atoms with Crippen LogP contribution in [0.4, 0.5) is 10.5 Å². The third-order valence-corrected chi connectivity index (χ3v) is 5.07. The van der Waals surface area contributed by atoms with Crippen molar-refractivity contribution < 1.29 is 14.4 Å². The fourth-order valence-electron chi connectivity index (χ4n) is 2.40. The van der Waals surface area contributed by atoms with Crippen LogP contribution in [0.5, 0.6) is 0 Å². The number of thioether (sulfide) groups is 1. The van der Waals surface area contributed by atoms with Crippen LogP contribution in [-0.4, -0.2) is 27.7 Å². The average Bonchev–Trinajstić information content (AvgIpc) is 2.90. The van der Waals surface area contributed by atoms with Crippen LogP contribution in [-0.2, 0) is 11.3 Å². The molecule has 128 valence electrons. The van der Waals surface area contributed by atoms with Gasteiger partial charge in [-0.25, -0.2) is 0 Å². The number of benzene rings is 2. The summed E-state index contributed by atoms with van der Waals surface area (Å²) in [5.74, 6) is -0.318. The average molecular weight is 375 g/mol. The zero-order valence-corrected chi connectivity index (χ0v) is 15.0. The van der Waals surface area contributed by atoms with E-state index in [1.807, 2.05) is 13.0 Å². The second kappa shape index (κ2) is 7.29. The second-order valence-corrected chi connectivity index (χ2v) is 6.99. The molecule has 1 saturated heterocycles. The van der Waals surface area contributed by atoms with Gasteiger partial charge in [0.05, 0.1) is 12.3 Å². The maximum Gasteiger partial charge on any atom is 0.289 e. The topological polar surface area (TPSA) is 66.5 Å². The number of carbonyl (C=O) groups excluding carboxylic acids is 3. The third-order valence-electron chi connectivity index (χ3n) is 3.80. The van der Waals surface area contributed by atoms with E-state index in [-0.39, 0.29) is 29.4 Å². The van der Waals surface area contributed by atoms with Gasteiger partial charge in [-0.05, 0) is 42.3 Å². The van der Waals surface area contributed by atoms with Gasteiger partial charge >= 0.3 is 0 Å². The van der Waals surface area contributed by atoms with Gasteiger partial charge in [0.2, 0.25) is 5.91 Å². The summed E-state index contributed by atoms with van der Waals surface area (Å²) >= 11 is 7.06. The molecule has 1 heterocycles. The molecular weight excluding hydrogens is 360 g/mol. The van der Waals surface area contributed by atoms with E-state index in [0.717, 1.165) is 22.9 Å². The van der Waals surface area contributed by atoms with E-state index in [2.05, 4.69) is 5.32 Å². The Balaban J connectivity index is 1.74. The number of carbonyl (C=O) groups is 3. The fourth-order valence-corrected chi connectivity index (χ4v) is 3.31. The van der Waals surface area contributed by atoms with Gasteiger partial charge in [0, 0.05) is 16.3 Å². The van der Waals surface area contributed by atoms with Gasteiger partial charge in [-0.2, -0.15) is 0 Å². The molecule has 5 nitrogen and oxygen atoms in total. The monoisotopic (exact) mass is 374 g/mol. The number of imide groups is 1. The van der Waals surface area contributed by atoms with Gasteiger partial charge in [-0.15, -0.1) is 0 Å². The van der Waals surface area contributed by atoms with Gasteiger partial charge < -0.3 is 5.32 Å². The van der Waals surface area contributed by atoms with Crippen LogP contribution in [0.1, 0.15) is 21.5 Å². The normalized spacial score (nSPS) is 14.1. The Morgan fingerprint density at radius 1 is 1.24 bits per heavy atom. The maximum absolute atomic E-state index is 12.4. The van der Waals surface area contributed by atoms with Crippen molar-refractivity contribution in [3.8, 4) is 0 Å². The Kier molecular flexibility index (Phi) is 5.11. The minimum atomic E-state index is -0.282. The van der Waals surface area contributed by atoms with E-state index < -0.39 is 0 Å². The van der Waals surface area contributed by atoms with Gasteiger partial charge in [0.25, 0.3) is 11.1 Å². The van der Waals surface area contributed by atoms with Crippen LogP contribution in [0.15, 0.2) is 42.5 Å². The summed E-state index contributed by atoms with van der Waals surface area (Å²) in [4.78, 5) is 37.0. The summed E-state index contributed by atoms with van der Waals surface area (Å²) in [7, 11) is 0. The molecule has 2 aromatic rings. The Bertz CT molecular complexity index is 853. The predicted octanol–water partition coefficient (Wildman–Crippen LogP) is 4.10. The van der Waals surface area contributed by atoms with Crippen molar-refractivity contribution in [1.82, 2.24) is 4.90 Å². The lowest BCUT2D eigenvalue weighted by atomic mass is 10.1. The lowest BCUT2D eigenvalue weighted by Crippen LogP contribution is -2.28. The number of anilines is 1. The van der Waals surface area contributed by atoms with E-state index in [9.17, 15) is 14.4 Å². The molecule has 0 radical (unpaired) electrons. The number of nitrogens with one attached hydrogen (secondary N) is 1. The van der Waals surface area contributed by atoms with Crippen molar-refractivity contribution in [3.05, 3.63) is 64.2 Å². The van der Waals surface area contributed by atoms with Gasteiger partial charge in [-0.1, -0.05) is 41.6 Å². The number of hydrogen-bond acceptors (Lipinski definition) is 4. The molecule has 1 aliphatic rings. The number of aryl methyl sites for hydroxylation is 1. The SMILES string of the molecule is Cc1ccc(NC(=O)c2cccc(CN3C(=O)CSC3=O)c2)cc1Cl. The molecule has 7 heteroatoms. The summed E-state index contributed by atoms with van der Waals surface area (Å²) in [6.07, 6.45) is 0. The molecule has 0 aliphatic carbocycles. The van der Waals surface area contributed by atoms with Crippen molar-refractivity contribution in [2.24, 2.45) is 0 Å². The number of hydrogen-bond donors (Lipinski definition) is 1. The first-order chi connectivity index (χ1) is 11.9. The minimum absolute atomic E-state index is 0.169. The predicted molar refractivity (Wildman–Crippen MR) is 99.0 cm³/mol. The molecule has 0 aromatic heterocycles. The van der Waals surface area contributed by atoms with E-state index in [1.165, 1.54) is 4.90 Å². The molecule has 3 amide bonds. The Labute approximate surface area is 154 Å². The first kappa shape index (κ1) is 17.5. The van der Waals surface area contributed by atoms with Crippen LogP contribution >= 0.6 is 23.4 Å². The smallest absolute Gasteiger partial charge is 0.289 e. The Morgan fingerprint density at radius 3 is 2.72 bits per heavy atom. The zero-order valence-electron chi connectivity index (χ0n) is 13.4. The summed E-state index contributed by atoms with van der Waals surface area (Å²) in [5.41, 5.74) is 2.70. The Morgan fingerprint density at radius 2 is 2.04 bits per heavy atom. The molecular formula is C18H15ClN2O3S.